The Hall–Kier alpha value is -2.73. The molecule has 0 saturated carbocycles. The van der Waals surface area contributed by atoms with Crippen molar-refractivity contribution in [3.8, 4) is 11.2 Å². The third-order valence-corrected chi connectivity index (χ3v) is 3.70. The summed E-state index contributed by atoms with van der Waals surface area (Å²) in [5.41, 5.74) is -1.30. The molecular formula is C13H5F3N4OS. The second-order valence-corrected chi connectivity index (χ2v) is 5.12. The van der Waals surface area contributed by atoms with Gasteiger partial charge in [-0.3, -0.25) is 4.79 Å². The van der Waals surface area contributed by atoms with E-state index < -0.39 is 17.4 Å². The van der Waals surface area contributed by atoms with Gasteiger partial charge in [0.25, 0.3) is 5.56 Å². The Morgan fingerprint density at radius 1 is 1.32 bits per heavy atom. The first-order valence-electron chi connectivity index (χ1n) is 5.85. The summed E-state index contributed by atoms with van der Waals surface area (Å²) in [4.78, 5) is 15.7. The third kappa shape index (κ3) is 2.33. The van der Waals surface area contributed by atoms with Crippen molar-refractivity contribution in [1.29, 1.82) is 5.26 Å². The number of benzene rings is 1. The number of fused-ring (bicyclic) bond motifs is 1. The number of alkyl halides is 3. The van der Waals surface area contributed by atoms with E-state index in [1.807, 2.05) is 6.07 Å². The second-order valence-electron chi connectivity index (χ2n) is 4.29. The molecular weight excluding hydrogens is 317 g/mol. The number of rotatable bonds is 1. The van der Waals surface area contributed by atoms with Crippen LogP contribution in [0, 0.1) is 11.3 Å². The number of halogens is 3. The van der Waals surface area contributed by atoms with Crippen LogP contribution in [0.3, 0.4) is 0 Å². The van der Waals surface area contributed by atoms with Gasteiger partial charge < -0.3 is 0 Å². The molecule has 0 unspecified atom stereocenters. The molecule has 3 rings (SSSR count). The Labute approximate surface area is 124 Å². The Morgan fingerprint density at radius 2 is 2.09 bits per heavy atom. The minimum atomic E-state index is -4.57. The van der Waals surface area contributed by atoms with E-state index in [0.717, 1.165) is 10.1 Å². The maximum atomic E-state index is 12.6. The number of nitriles is 1. The van der Waals surface area contributed by atoms with Gasteiger partial charge in [-0.1, -0.05) is 0 Å². The largest absolute Gasteiger partial charge is 0.434 e. The SMILES string of the molecule is N#Cc1ccc2c(=O)n(-c3nc(C(F)(F)F)cs3)ncc2c1. The molecule has 0 aliphatic heterocycles. The van der Waals surface area contributed by atoms with Gasteiger partial charge in [-0.25, -0.2) is 4.98 Å². The highest BCUT2D eigenvalue weighted by atomic mass is 32.1. The number of nitrogens with zero attached hydrogens (tertiary/aromatic N) is 4. The molecule has 5 nitrogen and oxygen atoms in total. The molecule has 0 saturated heterocycles. The first-order chi connectivity index (χ1) is 10.4. The lowest BCUT2D eigenvalue weighted by molar-refractivity contribution is -0.140. The lowest BCUT2D eigenvalue weighted by Crippen LogP contribution is -2.21. The molecule has 110 valence electrons. The van der Waals surface area contributed by atoms with Crippen LogP contribution in [0.5, 0.6) is 0 Å². The van der Waals surface area contributed by atoms with E-state index in [1.54, 1.807) is 0 Å². The summed E-state index contributed by atoms with van der Waals surface area (Å²) in [5, 5.41) is 14.0. The van der Waals surface area contributed by atoms with Gasteiger partial charge in [0.1, 0.15) is 0 Å². The van der Waals surface area contributed by atoms with Gasteiger partial charge in [-0.2, -0.15) is 28.2 Å². The molecule has 0 aliphatic rings. The molecule has 0 fully saturated rings. The van der Waals surface area contributed by atoms with Crippen molar-refractivity contribution in [2.45, 2.75) is 6.18 Å². The quantitative estimate of drug-likeness (QED) is 0.690. The minimum absolute atomic E-state index is 0.163. The van der Waals surface area contributed by atoms with E-state index in [4.69, 9.17) is 5.26 Å². The van der Waals surface area contributed by atoms with Crippen molar-refractivity contribution in [3.63, 3.8) is 0 Å². The summed E-state index contributed by atoms with van der Waals surface area (Å²) in [6, 6.07) is 6.31. The van der Waals surface area contributed by atoms with Crippen LogP contribution in [0.2, 0.25) is 0 Å². The van der Waals surface area contributed by atoms with Crippen molar-refractivity contribution >= 4 is 22.1 Å². The van der Waals surface area contributed by atoms with Crippen molar-refractivity contribution in [1.82, 2.24) is 14.8 Å². The molecule has 0 aliphatic carbocycles. The van der Waals surface area contributed by atoms with E-state index in [2.05, 4.69) is 10.1 Å². The minimum Gasteiger partial charge on any atom is -0.267 e. The van der Waals surface area contributed by atoms with Crippen LogP contribution in [0.4, 0.5) is 13.2 Å². The summed E-state index contributed by atoms with van der Waals surface area (Å²) in [6.07, 6.45) is -3.26. The zero-order valence-corrected chi connectivity index (χ0v) is 11.4. The van der Waals surface area contributed by atoms with Gasteiger partial charge in [-0.05, 0) is 18.2 Å². The Balaban J connectivity index is 2.17. The summed E-state index contributed by atoms with van der Waals surface area (Å²) in [6.45, 7) is 0. The van der Waals surface area contributed by atoms with Crippen LogP contribution in [0.25, 0.3) is 15.9 Å². The maximum absolute atomic E-state index is 12.6. The Kier molecular flexibility index (Phi) is 3.18. The van der Waals surface area contributed by atoms with Crippen molar-refractivity contribution in [2.75, 3.05) is 0 Å². The van der Waals surface area contributed by atoms with Crippen LogP contribution in [-0.4, -0.2) is 14.8 Å². The molecule has 2 aromatic heterocycles. The molecule has 0 radical (unpaired) electrons. The first-order valence-corrected chi connectivity index (χ1v) is 6.73. The molecule has 0 amide bonds. The fraction of sp³-hybridized carbons (Fsp3) is 0.0769. The van der Waals surface area contributed by atoms with Crippen LogP contribution in [0.1, 0.15) is 11.3 Å². The van der Waals surface area contributed by atoms with Crippen molar-refractivity contribution < 1.29 is 13.2 Å². The van der Waals surface area contributed by atoms with E-state index in [0.29, 0.717) is 22.3 Å². The summed E-state index contributed by atoms with van der Waals surface area (Å²) < 4.78 is 38.5. The molecule has 0 atom stereocenters. The van der Waals surface area contributed by atoms with Gasteiger partial charge >= 0.3 is 6.18 Å². The van der Waals surface area contributed by atoms with Gasteiger partial charge in [-0.15, -0.1) is 11.3 Å². The number of hydrogen-bond donors (Lipinski definition) is 0. The number of hydrogen-bond acceptors (Lipinski definition) is 5. The zero-order valence-electron chi connectivity index (χ0n) is 10.6. The standard InChI is InChI=1S/C13H5F3N4OS/c14-13(15,16)10-6-22-12(19-10)20-11(21)9-2-1-7(4-17)3-8(9)5-18-20/h1-3,5-6H. The van der Waals surface area contributed by atoms with Crippen molar-refractivity contribution in [2.24, 2.45) is 0 Å². The molecule has 1 aromatic carbocycles. The predicted molar refractivity (Wildman–Crippen MR) is 72.7 cm³/mol. The normalized spacial score (nSPS) is 11.5. The summed E-state index contributed by atoms with van der Waals surface area (Å²) in [5.74, 6) is 0. The third-order valence-electron chi connectivity index (χ3n) is 2.88. The monoisotopic (exact) mass is 322 g/mol. The number of aromatic nitrogens is 3. The summed E-state index contributed by atoms with van der Waals surface area (Å²) in [7, 11) is 0. The zero-order chi connectivity index (χ0) is 15.9. The molecule has 3 aromatic rings. The van der Waals surface area contributed by atoms with Gasteiger partial charge in [0.15, 0.2) is 5.69 Å². The molecule has 0 N–H and O–H groups in total. The van der Waals surface area contributed by atoms with Crippen LogP contribution in [0.15, 0.2) is 34.6 Å². The van der Waals surface area contributed by atoms with Crippen LogP contribution in [-0.2, 0) is 6.18 Å². The smallest absolute Gasteiger partial charge is 0.267 e. The van der Waals surface area contributed by atoms with Gasteiger partial charge in [0.05, 0.1) is 23.2 Å². The average molecular weight is 322 g/mol. The second kappa shape index (κ2) is 4.92. The Morgan fingerprint density at radius 3 is 2.73 bits per heavy atom. The molecule has 2 heterocycles. The highest BCUT2D eigenvalue weighted by Crippen LogP contribution is 2.30. The van der Waals surface area contributed by atoms with Crippen LogP contribution >= 0.6 is 11.3 Å². The first kappa shape index (κ1) is 14.2. The van der Waals surface area contributed by atoms with Gasteiger partial charge in [0, 0.05) is 10.8 Å². The fourth-order valence-corrected chi connectivity index (χ4v) is 2.63. The van der Waals surface area contributed by atoms with Crippen molar-refractivity contribution in [3.05, 3.63) is 51.4 Å². The molecule has 9 heteroatoms. The fourth-order valence-electron chi connectivity index (χ4n) is 1.85. The highest BCUT2D eigenvalue weighted by molar-refractivity contribution is 7.12. The molecule has 0 spiro atoms. The average Bonchev–Trinajstić information content (AvgIpc) is 2.97. The Bertz CT molecular complexity index is 968. The molecule has 22 heavy (non-hydrogen) atoms. The topological polar surface area (TPSA) is 71.6 Å². The lowest BCUT2D eigenvalue weighted by Gasteiger charge is -2.03. The highest BCUT2D eigenvalue weighted by Gasteiger charge is 2.34. The predicted octanol–water partition coefficient (Wildman–Crippen LogP) is 2.73. The van der Waals surface area contributed by atoms with E-state index >= 15 is 0 Å². The summed E-state index contributed by atoms with van der Waals surface area (Å²) >= 11 is 0.677. The van der Waals surface area contributed by atoms with Gasteiger partial charge in [0.2, 0.25) is 5.13 Å². The van der Waals surface area contributed by atoms with E-state index in [-0.39, 0.29) is 10.5 Å². The molecule has 0 bridgehead atoms. The number of thiazole rings is 1. The lowest BCUT2D eigenvalue weighted by atomic mass is 10.1. The van der Waals surface area contributed by atoms with E-state index in [1.165, 1.54) is 24.4 Å². The maximum Gasteiger partial charge on any atom is 0.434 e. The van der Waals surface area contributed by atoms with Crippen LogP contribution < -0.4 is 5.56 Å². The van der Waals surface area contributed by atoms with E-state index in [9.17, 15) is 18.0 Å².